The lowest BCUT2D eigenvalue weighted by atomic mass is 9.91. The molecule has 0 spiro atoms. The minimum atomic E-state index is 0.0895. The van der Waals surface area contributed by atoms with Gasteiger partial charge in [0.2, 0.25) is 0 Å². The number of rotatable bonds is 4. The van der Waals surface area contributed by atoms with Gasteiger partial charge in [-0.15, -0.1) is 0 Å². The molecule has 0 fully saturated rings. The predicted molar refractivity (Wildman–Crippen MR) is 76.3 cm³/mol. The molecule has 0 amide bonds. The maximum Gasteiger partial charge on any atom is 0.0687 e. The van der Waals surface area contributed by atoms with E-state index < -0.39 is 0 Å². The molecule has 0 aliphatic carbocycles. The zero-order valence-corrected chi connectivity index (χ0v) is 11.1. The zero-order chi connectivity index (χ0) is 13.0. The average Bonchev–Trinajstić information content (AvgIpc) is 2.39. The Labute approximate surface area is 109 Å². The molecule has 0 heterocycles. The standard InChI is InChI=1S/C17H20O/c1-13(2)11-14-7-3-5-9-16(14)17-10-6-4-8-15(17)12-18/h3-10,13,18H,11-12H2,1-2H3. The van der Waals surface area contributed by atoms with E-state index in [2.05, 4.69) is 44.2 Å². The van der Waals surface area contributed by atoms with E-state index in [0.717, 1.165) is 17.5 Å². The summed E-state index contributed by atoms with van der Waals surface area (Å²) in [6, 6.07) is 16.6. The van der Waals surface area contributed by atoms with Crippen molar-refractivity contribution in [3.8, 4) is 11.1 Å². The van der Waals surface area contributed by atoms with Crippen LogP contribution >= 0.6 is 0 Å². The van der Waals surface area contributed by atoms with E-state index in [9.17, 15) is 5.11 Å². The molecule has 2 rings (SSSR count). The molecule has 0 saturated heterocycles. The van der Waals surface area contributed by atoms with Gasteiger partial charge in [-0.1, -0.05) is 62.4 Å². The Hall–Kier alpha value is -1.60. The Morgan fingerprint density at radius 3 is 1.89 bits per heavy atom. The highest BCUT2D eigenvalue weighted by Gasteiger charge is 2.09. The Morgan fingerprint density at radius 1 is 0.833 bits per heavy atom. The second kappa shape index (κ2) is 5.83. The molecule has 94 valence electrons. The van der Waals surface area contributed by atoms with Gasteiger partial charge in [0.05, 0.1) is 6.61 Å². The summed E-state index contributed by atoms with van der Waals surface area (Å²) in [6.07, 6.45) is 1.07. The summed E-state index contributed by atoms with van der Waals surface area (Å²) >= 11 is 0. The van der Waals surface area contributed by atoms with Crippen molar-refractivity contribution >= 4 is 0 Å². The molecule has 0 saturated carbocycles. The van der Waals surface area contributed by atoms with Gasteiger partial charge < -0.3 is 5.11 Å². The topological polar surface area (TPSA) is 20.2 Å². The highest BCUT2D eigenvalue weighted by Crippen LogP contribution is 2.28. The average molecular weight is 240 g/mol. The van der Waals surface area contributed by atoms with E-state index >= 15 is 0 Å². The van der Waals surface area contributed by atoms with Gasteiger partial charge in [0.1, 0.15) is 0 Å². The van der Waals surface area contributed by atoms with Crippen molar-refractivity contribution in [2.75, 3.05) is 0 Å². The summed E-state index contributed by atoms with van der Waals surface area (Å²) in [5, 5.41) is 9.45. The van der Waals surface area contributed by atoms with E-state index in [4.69, 9.17) is 0 Å². The van der Waals surface area contributed by atoms with Gasteiger partial charge in [0, 0.05) is 0 Å². The van der Waals surface area contributed by atoms with Crippen LogP contribution < -0.4 is 0 Å². The molecule has 0 aliphatic heterocycles. The van der Waals surface area contributed by atoms with Crippen molar-refractivity contribution in [3.05, 3.63) is 59.7 Å². The fraction of sp³-hybridized carbons (Fsp3) is 0.294. The van der Waals surface area contributed by atoms with Crippen LogP contribution in [0.25, 0.3) is 11.1 Å². The maximum atomic E-state index is 9.45. The molecule has 18 heavy (non-hydrogen) atoms. The van der Waals surface area contributed by atoms with Crippen molar-refractivity contribution in [2.45, 2.75) is 26.9 Å². The largest absolute Gasteiger partial charge is 0.392 e. The lowest BCUT2D eigenvalue weighted by Crippen LogP contribution is -1.98. The van der Waals surface area contributed by atoms with Crippen LogP contribution in [-0.4, -0.2) is 5.11 Å². The number of benzene rings is 2. The molecule has 0 aliphatic rings. The molecule has 1 heteroatoms. The normalized spacial score (nSPS) is 10.9. The van der Waals surface area contributed by atoms with Gasteiger partial charge in [-0.3, -0.25) is 0 Å². The lowest BCUT2D eigenvalue weighted by Gasteiger charge is -2.14. The van der Waals surface area contributed by atoms with E-state index in [1.807, 2.05) is 18.2 Å². The van der Waals surface area contributed by atoms with Crippen molar-refractivity contribution in [3.63, 3.8) is 0 Å². The molecule has 0 atom stereocenters. The summed E-state index contributed by atoms with van der Waals surface area (Å²) in [5.41, 5.74) is 4.74. The summed E-state index contributed by atoms with van der Waals surface area (Å²) in [4.78, 5) is 0. The van der Waals surface area contributed by atoms with Crippen LogP contribution in [0.3, 0.4) is 0 Å². The Kier molecular flexibility index (Phi) is 4.16. The maximum absolute atomic E-state index is 9.45. The van der Waals surface area contributed by atoms with Gasteiger partial charge in [-0.25, -0.2) is 0 Å². The van der Waals surface area contributed by atoms with E-state index in [1.54, 1.807) is 0 Å². The van der Waals surface area contributed by atoms with Crippen molar-refractivity contribution in [1.29, 1.82) is 0 Å². The molecule has 2 aromatic rings. The van der Waals surface area contributed by atoms with Crippen LogP contribution in [0.1, 0.15) is 25.0 Å². The van der Waals surface area contributed by atoms with Crippen LogP contribution in [-0.2, 0) is 13.0 Å². The van der Waals surface area contributed by atoms with Crippen molar-refractivity contribution in [1.82, 2.24) is 0 Å². The highest BCUT2D eigenvalue weighted by molar-refractivity contribution is 5.70. The summed E-state index contributed by atoms with van der Waals surface area (Å²) in [7, 11) is 0. The van der Waals surface area contributed by atoms with E-state index in [0.29, 0.717) is 5.92 Å². The fourth-order valence-corrected chi connectivity index (χ4v) is 2.32. The molecule has 0 aromatic heterocycles. The second-order valence-electron chi connectivity index (χ2n) is 5.07. The summed E-state index contributed by atoms with van der Waals surface area (Å²) in [5.74, 6) is 0.632. The first kappa shape index (κ1) is 12.8. The third-order valence-corrected chi connectivity index (χ3v) is 3.12. The van der Waals surface area contributed by atoms with Gasteiger partial charge in [-0.05, 0) is 34.6 Å². The van der Waals surface area contributed by atoms with Crippen LogP contribution in [0.2, 0.25) is 0 Å². The van der Waals surface area contributed by atoms with Crippen LogP contribution in [0.4, 0.5) is 0 Å². The van der Waals surface area contributed by atoms with Crippen LogP contribution in [0, 0.1) is 5.92 Å². The minimum Gasteiger partial charge on any atom is -0.392 e. The third-order valence-electron chi connectivity index (χ3n) is 3.12. The Balaban J connectivity index is 2.49. The van der Waals surface area contributed by atoms with E-state index in [1.165, 1.54) is 11.1 Å². The Morgan fingerprint density at radius 2 is 1.33 bits per heavy atom. The number of aliphatic hydroxyl groups is 1. The second-order valence-corrected chi connectivity index (χ2v) is 5.07. The van der Waals surface area contributed by atoms with Crippen molar-refractivity contribution < 1.29 is 5.11 Å². The smallest absolute Gasteiger partial charge is 0.0687 e. The SMILES string of the molecule is CC(C)Cc1ccccc1-c1ccccc1CO. The first-order valence-electron chi connectivity index (χ1n) is 6.49. The quantitative estimate of drug-likeness (QED) is 0.855. The van der Waals surface area contributed by atoms with Gasteiger partial charge in [-0.2, -0.15) is 0 Å². The fourth-order valence-electron chi connectivity index (χ4n) is 2.32. The number of hydrogen-bond donors (Lipinski definition) is 1. The summed E-state index contributed by atoms with van der Waals surface area (Å²) in [6.45, 7) is 4.55. The van der Waals surface area contributed by atoms with Gasteiger partial charge in [0.25, 0.3) is 0 Å². The predicted octanol–water partition coefficient (Wildman–Crippen LogP) is 4.04. The highest BCUT2D eigenvalue weighted by atomic mass is 16.3. The molecule has 1 N–H and O–H groups in total. The minimum absolute atomic E-state index is 0.0895. The molecule has 2 aromatic carbocycles. The van der Waals surface area contributed by atoms with Crippen LogP contribution in [0.15, 0.2) is 48.5 Å². The molecule has 0 unspecified atom stereocenters. The van der Waals surface area contributed by atoms with Crippen LogP contribution in [0.5, 0.6) is 0 Å². The van der Waals surface area contributed by atoms with Gasteiger partial charge >= 0.3 is 0 Å². The monoisotopic (exact) mass is 240 g/mol. The molecular weight excluding hydrogens is 220 g/mol. The number of aliphatic hydroxyl groups excluding tert-OH is 1. The zero-order valence-electron chi connectivity index (χ0n) is 11.1. The summed E-state index contributed by atoms with van der Waals surface area (Å²) < 4.78 is 0. The Bertz CT molecular complexity index is 515. The van der Waals surface area contributed by atoms with Crippen molar-refractivity contribution in [2.24, 2.45) is 5.92 Å². The van der Waals surface area contributed by atoms with Gasteiger partial charge in [0.15, 0.2) is 0 Å². The first-order valence-corrected chi connectivity index (χ1v) is 6.49. The number of hydrogen-bond acceptors (Lipinski definition) is 1. The first-order chi connectivity index (χ1) is 8.72. The molecule has 1 nitrogen and oxygen atoms in total. The lowest BCUT2D eigenvalue weighted by molar-refractivity contribution is 0.282. The third kappa shape index (κ3) is 2.80. The van der Waals surface area contributed by atoms with E-state index in [-0.39, 0.29) is 6.61 Å². The molecular formula is C17H20O. The molecule has 0 radical (unpaired) electrons. The molecule has 0 bridgehead atoms.